The van der Waals surface area contributed by atoms with Crippen LogP contribution in [0.5, 0.6) is 0 Å². The van der Waals surface area contributed by atoms with Crippen molar-refractivity contribution in [2.75, 3.05) is 7.11 Å². The van der Waals surface area contributed by atoms with Gasteiger partial charge in [-0.05, 0) is 12.5 Å². The third kappa shape index (κ3) is 2.12. The molecule has 0 aromatic carbocycles. The van der Waals surface area contributed by atoms with E-state index < -0.39 is 11.5 Å². The van der Waals surface area contributed by atoms with Crippen molar-refractivity contribution in [1.29, 1.82) is 0 Å². The summed E-state index contributed by atoms with van der Waals surface area (Å²) in [6, 6.07) is 1.32. The number of aromatic nitrogens is 1. The van der Waals surface area contributed by atoms with Crippen LogP contribution < -0.4 is 5.56 Å². The average Bonchev–Trinajstić information content (AvgIpc) is 2.26. The quantitative estimate of drug-likeness (QED) is 0.582. The van der Waals surface area contributed by atoms with Crippen LogP contribution in [0, 0.1) is 0 Å². The third-order valence-electron chi connectivity index (χ3n) is 2.04. The Hall–Kier alpha value is -1.91. The Labute approximate surface area is 86.1 Å². The van der Waals surface area contributed by atoms with Gasteiger partial charge in [0.2, 0.25) is 0 Å². The average molecular weight is 209 g/mol. The van der Waals surface area contributed by atoms with Crippen molar-refractivity contribution in [2.24, 2.45) is 0 Å². The predicted molar refractivity (Wildman–Crippen MR) is 53.2 cm³/mol. The first-order valence-electron chi connectivity index (χ1n) is 4.43. The molecule has 1 aromatic heterocycles. The molecule has 0 aliphatic carbocycles. The van der Waals surface area contributed by atoms with Gasteiger partial charge in [-0.2, -0.15) is 0 Å². The van der Waals surface area contributed by atoms with Crippen molar-refractivity contribution in [2.45, 2.75) is 13.3 Å². The molecule has 0 bridgehead atoms. The standard InChI is InChI=1S/C10H11NO4/c1-3-7-8(10(14)15-2)4-6(5-12)11-9(7)13/h4-5H,3H2,1-2H3,(H,11,13). The minimum atomic E-state index is -0.610. The number of pyridine rings is 1. The van der Waals surface area contributed by atoms with Crippen LogP contribution >= 0.6 is 0 Å². The third-order valence-corrected chi connectivity index (χ3v) is 2.04. The summed E-state index contributed by atoms with van der Waals surface area (Å²) in [5, 5.41) is 0. The van der Waals surface area contributed by atoms with E-state index >= 15 is 0 Å². The highest BCUT2D eigenvalue weighted by Crippen LogP contribution is 2.07. The first-order valence-corrected chi connectivity index (χ1v) is 4.43. The van der Waals surface area contributed by atoms with Crippen LogP contribution in [0.25, 0.3) is 0 Å². The van der Waals surface area contributed by atoms with Gasteiger partial charge < -0.3 is 9.72 Å². The van der Waals surface area contributed by atoms with Gasteiger partial charge in [-0.3, -0.25) is 9.59 Å². The Bertz CT molecular complexity index is 447. The summed E-state index contributed by atoms with van der Waals surface area (Å²) in [5.74, 6) is -0.610. The maximum atomic E-state index is 11.4. The normalized spacial score (nSPS) is 9.73. The van der Waals surface area contributed by atoms with Gasteiger partial charge in [0.1, 0.15) is 0 Å². The summed E-state index contributed by atoms with van der Waals surface area (Å²) >= 11 is 0. The lowest BCUT2D eigenvalue weighted by atomic mass is 10.1. The molecule has 0 saturated heterocycles. The molecule has 0 atom stereocenters. The number of carbonyl (C=O) groups is 2. The van der Waals surface area contributed by atoms with Gasteiger partial charge >= 0.3 is 5.97 Å². The zero-order valence-electron chi connectivity index (χ0n) is 8.49. The maximum absolute atomic E-state index is 11.4. The number of esters is 1. The summed E-state index contributed by atoms with van der Waals surface area (Å²) in [5.41, 5.74) is 0.110. The monoisotopic (exact) mass is 209 g/mol. The lowest BCUT2D eigenvalue weighted by Crippen LogP contribution is -2.20. The number of rotatable bonds is 3. The highest BCUT2D eigenvalue weighted by atomic mass is 16.5. The molecule has 1 aromatic rings. The van der Waals surface area contributed by atoms with Gasteiger partial charge in [0.25, 0.3) is 5.56 Å². The number of nitrogens with one attached hydrogen (secondary N) is 1. The van der Waals surface area contributed by atoms with Crippen LogP contribution in [0.1, 0.15) is 33.3 Å². The number of aldehydes is 1. The lowest BCUT2D eigenvalue weighted by Gasteiger charge is -2.05. The fourth-order valence-electron chi connectivity index (χ4n) is 1.31. The highest BCUT2D eigenvalue weighted by molar-refractivity contribution is 5.92. The van der Waals surface area contributed by atoms with Gasteiger partial charge in [-0.15, -0.1) is 0 Å². The van der Waals surface area contributed by atoms with E-state index in [0.717, 1.165) is 0 Å². The molecule has 0 unspecified atom stereocenters. The van der Waals surface area contributed by atoms with E-state index in [4.69, 9.17) is 0 Å². The summed E-state index contributed by atoms with van der Waals surface area (Å²) in [4.78, 5) is 35.6. The van der Waals surface area contributed by atoms with Crippen LogP contribution in [0.15, 0.2) is 10.9 Å². The molecule has 0 spiro atoms. The van der Waals surface area contributed by atoms with E-state index in [2.05, 4.69) is 9.72 Å². The fourth-order valence-corrected chi connectivity index (χ4v) is 1.31. The molecule has 1 heterocycles. The molecular formula is C10H11NO4. The number of methoxy groups -OCH3 is 1. The molecule has 5 heteroatoms. The van der Waals surface area contributed by atoms with E-state index in [0.29, 0.717) is 18.3 Å². The zero-order valence-corrected chi connectivity index (χ0v) is 8.49. The van der Waals surface area contributed by atoms with Crippen LogP contribution in [-0.2, 0) is 11.2 Å². The molecule has 0 amide bonds. The molecule has 1 N–H and O–H groups in total. The Morgan fingerprint density at radius 1 is 1.60 bits per heavy atom. The molecule has 5 nitrogen and oxygen atoms in total. The number of hydrogen-bond donors (Lipinski definition) is 1. The number of H-pyrrole nitrogens is 1. The number of aromatic amines is 1. The number of ether oxygens (including phenoxy) is 1. The Balaban J connectivity index is 3.45. The van der Waals surface area contributed by atoms with Crippen LogP contribution in [0.2, 0.25) is 0 Å². The molecule has 0 radical (unpaired) electrons. The first-order chi connectivity index (χ1) is 7.13. The molecule has 15 heavy (non-hydrogen) atoms. The van der Waals surface area contributed by atoms with Crippen molar-refractivity contribution in [1.82, 2.24) is 4.98 Å². The second-order valence-corrected chi connectivity index (χ2v) is 2.91. The van der Waals surface area contributed by atoms with E-state index in [9.17, 15) is 14.4 Å². The van der Waals surface area contributed by atoms with Gasteiger partial charge in [0.05, 0.1) is 18.4 Å². The first kappa shape index (κ1) is 11.2. The van der Waals surface area contributed by atoms with Crippen molar-refractivity contribution >= 4 is 12.3 Å². The van der Waals surface area contributed by atoms with Crippen molar-refractivity contribution in [3.05, 3.63) is 33.2 Å². The van der Waals surface area contributed by atoms with Gasteiger partial charge in [-0.25, -0.2) is 4.79 Å². The Kier molecular flexibility index (Phi) is 3.38. The summed E-state index contributed by atoms with van der Waals surface area (Å²) in [6.07, 6.45) is 0.881. The molecule has 80 valence electrons. The maximum Gasteiger partial charge on any atom is 0.338 e. The molecule has 0 aliphatic rings. The lowest BCUT2D eigenvalue weighted by molar-refractivity contribution is 0.0599. The Morgan fingerprint density at radius 2 is 2.27 bits per heavy atom. The van der Waals surface area contributed by atoms with Crippen molar-refractivity contribution < 1.29 is 14.3 Å². The minimum Gasteiger partial charge on any atom is -0.465 e. The zero-order chi connectivity index (χ0) is 11.4. The van der Waals surface area contributed by atoms with E-state index in [1.54, 1.807) is 6.92 Å². The Morgan fingerprint density at radius 3 is 2.73 bits per heavy atom. The largest absolute Gasteiger partial charge is 0.465 e. The molecule has 0 aliphatic heterocycles. The summed E-state index contributed by atoms with van der Waals surface area (Å²) in [7, 11) is 1.23. The fraction of sp³-hybridized carbons (Fsp3) is 0.300. The second-order valence-electron chi connectivity index (χ2n) is 2.91. The summed E-state index contributed by atoms with van der Waals surface area (Å²) < 4.78 is 4.53. The molecule has 0 fully saturated rings. The summed E-state index contributed by atoms with van der Waals surface area (Å²) in [6.45, 7) is 1.75. The number of hydrogen-bond acceptors (Lipinski definition) is 4. The highest BCUT2D eigenvalue weighted by Gasteiger charge is 2.15. The number of carbonyl (C=O) groups excluding carboxylic acids is 2. The van der Waals surface area contributed by atoms with Crippen LogP contribution in [-0.4, -0.2) is 24.3 Å². The van der Waals surface area contributed by atoms with Gasteiger partial charge in [0.15, 0.2) is 6.29 Å². The van der Waals surface area contributed by atoms with Crippen LogP contribution in [0.3, 0.4) is 0 Å². The minimum absolute atomic E-state index is 0.0672. The van der Waals surface area contributed by atoms with Crippen LogP contribution in [0.4, 0.5) is 0 Å². The van der Waals surface area contributed by atoms with Gasteiger partial charge in [-0.1, -0.05) is 6.92 Å². The van der Waals surface area contributed by atoms with E-state index in [1.807, 2.05) is 0 Å². The molecule has 0 saturated carbocycles. The van der Waals surface area contributed by atoms with Crippen molar-refractivity contribution in [3.63, 3.8) is 0 Å². The smallest absolute Gasteiger partial charge is 0.338 e. The molecule has 1 rings (SSSR count). The van der Waals surface area contributed by atoms with E-state index in [1.165, 1.54) is 13.2 Å². The second kappa shape index (κ2) is 4.54. The SMILES string of the molecule is CCc1c(C(=O)OC)cc(C=O)[nH]c1=O. The topological polar surface area (TPSA) is 76.2 Å². The van der Waals surface area contributed by atoms with E-state index in [-0.39, 0.29) is 11.3 Å². The predicted octanol–water partition coefficient (Wildman–Crippen LogP) is 0.536. The van der Waals surface area contributed by atoms with Gasteiger partial charge in [0, 0.05) is 5.56 Å². The van der Waals surface area contributed by atoms with Crippen molar-refractivity contribution in [3.8, 4) is 0 Å². The molecular weight excluding hydrogens is 198 g/mol.